The quantitative estimate of drug-likeness (QED) is 0.641. The maximum atomic E-state index is 12.5. The molecule has 0 spiro atoms. The Bertz CT molecular complexity index is 377. The van der Waals surface area contributed by atoms with Gasteiger partial charge in [-0.15, -0.1) is 0 Å². The Labute approximate surface area is 110 Å². The molecule has 0 N–H and O–H groups in total. The molecular weight excluding hydrogens is 265 g/mol. The van der Waals surface area contributed by atoms with Gasteiger partial charge in [-0.25, -0.2) is 0 Å². The van der Waals surface area contributed by atoms with Crippen molar-refractivity contribution in [2.24, 2.45) is 0 Å². The van der Waals surface area contributed by atoms with Gasteiger partial charge in [-0.05, 0) is 24.6 Å². The van der Waals surface area contributed by atoms with Crippen LogP contribution in [0.4, 0.5) is 13.2 Å². The fourth-order valence-corrected chi connectivity index (χ4v) is 1.67. The van der Waals surface area contributed by atoms with E-state index in [4.69, 9.17) is 16.3 Å². The molecule has 0 amide bonds. The van der Waals surface area contributed by atoms with Gasteiger partial charge in [0, 0.05) is 0 Å². The summed E-state index contributed by atoms with van der Waals surface area (Å²) in [4.78, 5) is 0. The van der Waals surface area contributed by atoms with Gasteiger partial charge in [0.1, 0.15) is 5.75 Å². The highest BCUT2D eigenvalue weighted by atomic mass is 35.5. The van der Waals surface area contributed by atoms with E-state index in [9.17, 15) is 13.2 Å². The second-order valence-electron chi connectivity index (χ2n) is 4.05. The molecule has 1 aromatic rings. The Morgan fingerprint density at radius 3 is 2.50 bits per heavy atom. The molecule has 1 nitrogen and oxygen atoms in total. The summed E-state index contributed by atoms with van der Waals surface area (Å²) in [5, 5.41) is 0.207. The number of ether oxygens (including phenoxy) is 1. The molecular formula is C13H16ClF3O. The van der Waals surface area contributed by atoms with Crippen molar-refractivity contribution in [1.29, 1.82) is 0 Å². The van der Waals surface area contributed by atoms with Crippen LogP contribution in [0.1, 0.15) is 38.2 Å². The fourth-order valence-electron chi connectivity index (χ4n) is 1.50. The van der Waals surface area contributed by atoms with Crippen LogP contribution in [-0.2, 0) is 6.18 Å². The minimum Gasteiger partial charge on any atom is -0.492 e. The minimum atomic E-state index is -4.37. The summed E-state index contributed by atoms with van der Waals surface area (Å²) in [6.07, 6.45) is -0.345. The first kappa shape index (κ1) is 15.2. The Kier molecular flexibility index (Phi) is 5.79. The van der Waals surface area contributed by atoms with Gasteiger partial charge in [0.05, 0.1) is 17.2 Å². The van der Waals surface area contributed by atoms with Gasteiger partial charge in [-0.1, -0.05) is 37.8 Å². The molecule has 0 aliphatic carbocycles. The molecule has 0 unspecified atom stereocenters. The average molecular weight is 281 g/mol. The van der Waals surface area contributed by atoms with Gasteiger partial charge in [0.25, 0.3) is 0 Å². The van der Waals surface area contributed by atoms with E-state index in [1.54, 1.807) is 0 Å². The number of rotatable bonds is 6. The van der Waals surface area contributed by atoms with E-state index in [-0.39, 0.29) is 10.8 Å². The summed E-state index contributed by atoms with van der Waals surface area (Å²) < 4.78 is 42.8. The van der Waals surface area contributed by atoms with Crippen LogP contribution in [0, 0.1) is 0 Å². The van der Waals surface area contributed by atoms with E-state index in [2.05, 4.69) is 6.92 Å². The van der Waals surface area contributed by atoms with Crippen molar-refractivity contribution >= 4 is 11.6 Å². The largest absolute Gasteiger partial charge is 0.492 e. The lowest BCUT2D eigenvalue weighted by Gasteiger charge is -2.11. The van der Waals surface area contributed by atoms with Crippen molar-refractivity contribution in [2.75, 3.05) is 6.61 Å². The molecule has 0 heterocycles. The van der Waals surface area contributed by atoms with E-state index in [1.165, 1.54) is 6.07 Å². The Balaban J connectivity index is 2.59. The lowest BCUT2D eigenvalue weighted by Crippen LogP contribution is -2.06. The lowest BCUT2D eigenvalue weighted by molar-refractivity contribution is -0.137. The Morgan fingerprint density at radius 2 is 1.89 bits per heavy atom. The second kappa shape index (κ2) is 6.88. The van der Waals surface area contributed by atoms with Crippen LogP contribution >= 0.6 is 11.6 Å². The minimum absolute atomic E-state index is 0.1000. The molecule has 0 bridgehead atoms. The SMILES string of the molecule is CCCCCCOc1cc(C(F)(F)F)ccc1Cl. The highest BCUT2D eigenvalue weighted by Crippen LogP contribution is 2.34. The molecule has 0 radical (unpaired) electrons. The lowest BCUT2D eigenvalue weighted by atomic mass is 10.2. The summed E-state index contributed by atoms with van der Waals surface area (Å²) in [6.45, 7) is 2.48. The van der Waals surface area contributed by atoms with E-state index in [1.807, 2.05) is 0 Å². The van der Waals surface area contributed by atoms with Gasteiger partial charge >= 0.3 is 6.18 Å². The topological polar surface area (TPSA) is 9.23 Å². The van der Waals surface area contributed by atoms with Crippen LogP contribution in [0.25, 0.3) is 0 Å². The van der Waals surface area contributed by atoms with Gasteiger partial charge in [0.15, 0.2) is 0 Å². The van der Waals surface area contributed by atoms with Crippen molar-refractivity contribution in [2.45, 2.75) is 38.8 Å². The first-order chi connectivity index (χ1) is 8.45. The summed E-state index contributed by atoms with van der Waals surface area (Å²) in [5.41, 5.74) is -0.740. The zero-order chi connectivity index (χ0) is 13.6. The van der Waals surface area contributed by atoms with Crippen molar-refractivity contribution < 1.29 is 17.9 Å². The molecule has 1 aromatic carbocycles. The number of hydrogen-bond acceptors (Lipinski definition) is 1. The maximum Gasteiger partial charge on any atom is 0.416 e. The standard InChI is InChI=1S/C13H16ClF3O/c1-2-3-4-5-8-18-12-9-10(13(15,16)17)6-7-11(12)14/h6-7,9H,2-5,8H2,1H3. The van der Waals surface area contributed by atoms with Gasteiger partial charge in [0.2, 0.25) is 0 Å². The first-order valence-corrected chi connectivity index (χ1v) is 6.32. The zero-order valence-electron chi connectivity index (χ0n) is 10.2. The molecule has 18 heavy (non-hydrogen) atoms. The Morgan fingerprint density at radius 1 is 1.17 bits per heavy atom. The van der Waals surface area contributed by atoms with E-state index in [0.717, 1.165) is 37.8 Å². The smallest absolute Gasteiger partial charge is 0.416 e. The number of halogens is 4. The normalized spacial score (nSPS) is 11.6. The molecule has 0 fully saturated rings. The summed E-state index contributed by atoms with van der Waals surface area (Å²) in [7, 11) is 0. The van der Waals surface area contributed by atoms with E-state index < -0.39 is 11.7 Å². The third kappa shape index (κ3) is 4.77. The number of benzene rings is 1. The van der Waals surface area contributed by atoms with Crippen molar-refractivity contribution in [3.05, 3.63) is 28.8 Å². The predicted molar refractivity (Wildman–Crippen MR) is 66.1 cm³/mol. The second-order valence-corrected chi connectivity index (χ2v) is 4.46. The predicted octanol–water partition coefficient (Wildman–Crippen LogP) is 5.32. The number of hydrogen-bond donors (Lipinski definition) is 0. The molecule has 102 valence electrons. The van der Waals surface area contributed by atoms with Gasteiger partial charge < -0.3 is 4.74 Å². The molecule has 0 aliphatic heterocycles. The maximum absolute atomic E-state index is 12.5. The van der Waals surface area contributed by atoms with Crippen LogP contribution in [0.5, 0.6) is 5.75 Å². The molecule has 0 saturated heterocycles. The van der Waals surface area contributed by atoms with Gasteiger partial charge in [-0.3, -0.25) is 0 Å². The van der Waals surface area contributed by atoms with E-state index in [0.29, 0.717) is 6.61 Å². The third-order valence-electron chi connectivity index (χ3n) is 2.51. The number of unbranched alkanes of at least 4 members (excludes halogenated alkanes) is 3. The van der Waals surface area contributed by atoms with Crippen LogP contribution in [0.3, 0.4) is 0 Å². The summed E-state index contributed by atoms with van der Waals surface area (Å²) in [6, 6.07) is 3.11. The van der Waals surface area contributed by atoms with Crippen LogP contribution < -0.4 is 4.74 Å². The number of alkyl halides is 3. The highest BCUT2D eigenvalue weighted by Gasteiger charge is 2.31. The molecule has 0 aliphatic rings. The Hall–Kier alpha value is -0.900. The first-order valence-electron chi connectivity index (χ1n) is 5.94. The summed E-state index contributed by atoms with van der Waals surface area (Å²) >= 11 is 5.79. The highest BCUT2D eigenvalue weighted by molar-refractivity contribution is 6.32. The average Bonchev–Trinajstić information content (AvgIpc) is 2.29. The molecule has 5 heteroatoms. The monoisotopic (exact) mass is 280 g/mol. The third-order valence-corrected chi connectivity index (χ3v) is 2.83. The fraction of sp³-hybridized carbons (Fsp3) is 0.538. The van der Waals surface area contributed by atoms with Crippen LogP contribution in [0.2, 0.25) is 5.02 Å². The summed E-state index contributed by atoms with van der Waals surface area (Å²) in [5.74, 6) is 0.1000. The van der Waals surface area contributed by atoms with Gasteiger partial charge in [-0.2, -0.15) is 13.2 Å². The molecule has 1 rings (SSSR count). The zero-order valence-corrected chi connectivity index (χ0v) is 10.9. The molecule has 0 aromatic heterocycles. The van der Waals surface area contributed by atoms with Crippen LogP contribution in [-0.4, -0.2) is 6.61 Å². The molecule has 0 atom stereocenters. The van der Waals surface area contributed by atoms with Crippen LogP contribution in [0.15, 0.2) is 18.2 Å². The van der Waals surface area contributed by atoms with Crippen molar-refractivity contribution in [1.82, 2.24) is 0 Å². The van der Waals surface area contributed by atoms with Crippen molar-refractivity contribution in [3.63, 3.8) is 0 Å². The van der Waals surface area contributed by atoms with E-state index >= 15 is 0 Å². The molecule has 0 saturated carbocycles. The van der Waals surface area contributed by atoms with Crippen molar-refractivity contribution in [3.8, 4) is 5.75 Å².